The number of rotatable bonds is 4. The first-order valence-corrected chi connectivity index (χ1v) is 8.40. The Morgan fingerprint density at radius 3 is 2.63 bits per heavy atom. The molecule has 1 fully saturated rings. The third kappa shape index (κ3) is 3.06. The van der Waals surface area contributed by atoms with Crippen LogP contribution in [0.25, 0.3) is 11.0 Å². The van der Waals surface area contributed by atoms with E-state index in [0.29, 0.717) is 16.6 Å². The zero-order valence-corrected chi connectivity index (χ0v) is 14.1. The summed E-state index contributed by atoms with van der Waals surface area (Å²) in [6.45, 7) is -0.415. The lowest BCUT2D eigenvalue weighted by molar-refractivity contribution is -0.0508. The monoisotopic (exact) mass is 370 g/mol. The number of pyridine rings is 1. The number of amides is 1. The Kier molecular flexibility index (Phi) is 4.58. The number of nitrogens with zero attached hydrogens (tertiary/aromatic N) is 3. The molecule has 1 aliphatic heterocycles. The lowest BCUT2D eigenvalue weighted by atomic mass is 10.1. The van der Waals surface area contributed by atoms with Gasteiger partial charge in [0.1, 0.15) is 23.8 Å². The summed E-state index contributed by atoms with van der Waals surface area (Å²) >= 11 is 0. The molecule has 27 heavy (non-hydrogen) atoms. The normalized spacial score (nSPS) is 25.0. The van der Waals surface area contributed by atoms with Crippen molar-refractivity contribution in [3.8, 4) is 0 Å². The molecule has 9 heteroatoms. The summed E-state index contributed by atoms with van der Waals surface area (Å²) in [4.78, 5) is 20.8. The van der Waals surface area contributed by atoms with Gasteiger partial charge in [0.2, 0.25) is 0 Å². The summed E-state index contributed by atoms with van der Waals surface area (Å²) in [5, 5.41) is 32.2. The van der Waals surface area contributed by atoms with Gasteiger partial charge in [0, 0.05) is 11.8 Å². The number of nitrogens with one attached hydrogen (secondary N) is 1. The van der Waals surface area contributed by atoms with Gasteiger partial charge in [0.05, 0.1) is 18.5 Å². The van der Waals surface area contributed by atoms with E-state index in [1.807, 2.05) is 6.07 Å². The van der Waals surface area contributed by atoms with Crippen LogP contribution in [0.3, 0.4) is 0 Å². The Hall–Kier alpha value is -2.85. The molecule has 1 aliphatic rings. The molecule has 4 rings (SSSR count). The van der Waals surface area contributed by atoms with Crippen molar-refractivity contribution in [1.82, 2.24) is 14.5 Å². The average Bonchev–Trinajstić information content (AvgIpc) is 3.25. The van der Waals surface area contributed by atoms with Crippen LogP contribution in [0, 0.1) is 0 Å². The number of aromatic nitrogens is 3. The van der Waals surface area contributed by atoms with E-state index in [0.717, 1.165) is 0 Å². The average molecular weight is 370 g/mol. The zero-order chi connectivity index (χ0) is 19.0. The van der Waals surface area contributed by atoms with E-state index in [1.54, 1.807) is 34.9 Å². The van der Waals surface area contributed by atoms with Crippen LogP contribution in [0.5, 0.6) is 0 Å². The number of imidazole rings is 1. The number of hydrogen-bond donors (Lipinski definition) is 4. The summed E-state index contributed by atoms with van der Waals surface area (Å²) in [6, 6.07) is 10.4. The van der Waals surface area contributed by atoms with Gasteiger partial charge in [-0.1, -0.05) is 18.2 Å². The zero-order valence-electron chi connectivity index (χ0n) is 14.1. The number of benzene rings is 1. The second-order valence-corrected chi connectivity index (χ2v) is 6.23. The third-order valence-electron chi connectivity index (χ3n) is 4.55. The summed E-state index contributed by atoms with van der Waals surface area (Å²) in [5.41, 5.74) is 1.46. The number of hydrogen-bond acceptors (Lipinski definition) is 7. The molecule has 140 valence electrons. The van der Waals surface area contributed by atoms with Crippen molar-refractivity contribution < 1.29 is 24.9 Å². The molecule has 2 aromatic heterocycles. The van der Waals surface area contributed by atoms with E-state index < -0.39 is 31.1 Å². The predicted octanol–water partition coefficient (Wildman–Crippen LogP) is 0.295. The third-order valence-corrected chi connectivity index (χ3v) is 4.55. The SMILES string of the molecule is O=C(Nc1nccc2c1ncn2C1O[C@H](CO)[C@@H](O)[C@H]1O)c1ccccc1. The van der Waals surface area contributed by atoms with Crippen LogP contribution in [-0.4, -0.2) is 60.7 Å². The van der Waals surface area contributed by atoms with Crippen molar-refractivity contribution in [2.45, 2.75) is 24.5 Å². The fourth-order valence-corrected chi connectivity index (χ4v) is 3.13. The molecule has 0 saturated carbocycles. The van der Waals surface area contributed by atoms with Crippen LogP contribution >= 0.6 is 0 Å². The predicted molar refractivity (Wildman–Crippen MR) is 94.9 cm³/mol. The second-order valence-electron chi connectivity index (χ2n) is 6.23. The minimum Gasteiger partial charge on any atom is -0.394 e. The van der Waals surface area contributed by atoms with E-state index in [4.69, 9.17) is 4.74 Å². The molecular formula is C18H18N4O5. The van der Waals surface area contributed by atoms with E-state index in [9.17, 15) is 20.1 Å². The summed E-state index contributed by atoms with van der Waals surface area (Å²) in [5.74, 6) is -0.0510. The van der Waals surface area contributed by atoms with Crippen molar-refractivity contribution in [3.63, 3.8) is 0 Å². The number of carbonyl (C=O) groups is 1. The Balaban J connectivity index is 1.65. The van der Waals surface area contributed by atoms with Crippen molar-refractivity contribution in [3.05, 3.63) is 54.5 Å². The Bertz CT molecular complexity index is 961. The fourth-order valence-electron chi connectivity index (χ4n) is 3.13. The molecular weight excluding hydrogens is 352 g/mol. The number of aliphatic hydroxyl groups is 3. The maximum Gasteiger partial charge on any atom is 0.256 e. The number of ether oxygens (including phenoxy) is 1. The van der Waals surface area contributed by atoms with Gasteiger partial charge in [-0.15, -0.1) is 0 Å². The van der Waals surface area contributed by atoms with Crippen LogP contribution in [-0.2, 0) is 4.74 Å². The minimum absolute atomic E-state index is 0.270. The lowest BCUT2D eigenvalue weighted by Crippen LogP contribution is -2.33. The maximum atomic E-state index is 12.4. The highest BCUT2D eigenvalue weighted by Crippen LogP contribution is 2.32. The van der Waals surface area contributed by atoms with Crippen molar-refractivity contribution in [1.29, 1.82) is 0 Å². The summed E-state index contributed by atoms with van der Waals surface area (Å²) < 4.78 is 7.08. The van der Waals surface area contributed by atoms with Gasteiger partial charge in [-0.25, -0.2) is 9.97 Å². The van der Waals surface area contributed by atoms with Gasteiger partial charge >= 0.3 is 0 Å². The van der Waals surface area contributed by atoms with Crippen LogP contribution in [0.15, 0.2) is 48.9 Å². The smallest absolute Gasteiger partial charge is 0.256 e. The Morgan fingerprint density at radius 2 is 1.93 bits per heavy atom. The van der Waals surface area contributed by atoms with E-state index in [2.05, 4.69) is 15.3 Å². The molecule has 1 saturated heterocycles. The Labute approximate surface area is 153 Å². The standard InChI is InChI=1S/C18H18N4O5/c23-8-12-14(24)15(25)18(27-12)22-9-20-13-11(22)6-7-19-16(13)21-17(26)10-4-2-1-3-5-10/h1-7,9,12,14-15,18,23-25H,8H2,(H,19,21,26)/t12-,14-,15-,18?/m1/s1. The molecule has 9 nitrogen and oxygen atoms in total. The summed E-state index contributed by atoms with van der Waals surface area (Å²) in [6.07, 6.45) is -1.30. The largest absolute Gasteiger partial charge is 0.394 e. The quantitative estimate of drug-likeness (QED) is 0.519. The van der Waals surface area contributed by atoms with Gasteiger partial charge < -0.3 is 29.9 Å². The van der Waals surface area contributed by atoms with Crippen LogP contribution in [0.2, 0.25) is 0 Å². The van der Waals surface area contributed by atoms with Crippen molar-refractivity contribution in [2.75, 3.05) is 11.9 Å². The highest BCUT2D eigenvalue weighted by atomic mass is 16.6. The van der Waals surface area contributed by atoms with Crippen LogP contribution < -0.4 is 5.32 Å². The molecule has 0 bridgehead atoms. The van der Waals surface area contributed by atoms with Gasteiger partial charge in [0.15, 0.2) is 12.0 Å². The first-order chi connectivity index (χ1) is 13.1. The molecule has 0 aliphatic carbocycles. The first-order valence-electron chi connectivity index (χ1n) is 8.40. The highest BCUT2D eigenvalue weighted by molar-refractivity contribution is 6.07. The van der Waals surface area contributed by atoms with Crippen molar-refractivity contribution in [2.24, 2.45) is 0 Å². The minimum atomic E-state index is -1.23. The molecule has 3 aromatic rings. The number of anilines is 1. The fraction of sp³-hybridized carbons (Fsp3) is 0.278. The molecule has 1 unspecified atom stereocenters. The first kappa shape index (κ1) is 17.6. The van der Waals surface area contributed by atoms with Gasteiger partial charge in [-0.3, -0.25) is 4.79 Å². The van der Waals surface area contributed by atoms with Gasteiger partial charge in [-0.2, -0.15) is 0 Å². The molecule has 0 spiro atoms. The molecule has 1 amide bonds. The number of carbonyl (C=O) groups excluding carboxylic acids is 1. The highest BCUT2D eigenvalue weighted by Gasteiger charge is 2.43. The molecule has 1 aromatic carbocycles. The molecule has 3 heterocycles. The molecule has 0 radical (unpaired) electrons. The maximum absolute atomic E-state index is 12.4. The van der Waals surface area contributed by atoms with Gasteiger partial charge in [-0.05, 0) is 18.2 Å². The lowest BCUT2D eigenvalue weighted by Gasteiger charge is -2.17. The van der Waals surface area contributed by atoms with E-state index >= 15 is 0 Å². The van der Waals surface area contributed by atoms with Crippen LogP contribution in [0.1, 0.15) is 16.6 Å². The van der Waals surface area contributed by atoms with Crippen molar-refractivity contribution >= 4 is 22.8 Å². The number of aliphatic hydroxyl groups excluding tert-OH is 3. The molecule has 4 atom stereocenters. The topological polar surface area (TPSA) is 130 Å². The molecule has 4 N–H and O–H groups in total. The second kappa shape index (κ2) is 7.05. The summed E-state index contributed by atoms with van der Waals surface area (Å²) in [7, 11) is 0. The van der Waals surface area contributed by atoms with E-state index in [-0.39, 0.29) is 11.7 Å². The van der Waals surface area contributed by atoms with Crippen LogP contribution in [0.4, 0.5) is 5.82 Å². The Morgan fingerprint density at radius 1 is 1.15 bits per heavy atom. The number of fused-ring (bicyclic) bond motifs is 1. The van der Waals surface area contributed by atoms with Gasteiger partial charge in [0.25, 0.3) is 5.91 Å². The van der Waals surface area contributed by atoms with E-state index in [1.165, 1.54) is 12.5 Å².